The summed E-state index contributed by atoms with van der Waals surface area (Å²) in [5.74, 6) is -1.98. The lowest BCUT2D eigenvalue weighted by molar-refractivity contribution is -0.125. The number of halogens is 1. The van der Waals surface area contributed by atoms with Gasteiger partial charge >= 0.3 is 5.97 Å². The molecule has 3 rings (SSSR count). The van der Waals surface area contributed by atoms with E-state index in [4.69, 9.17) is 4.74 Å². The summed E-state index contributed by atoms with van der Waals surface area (Å²) in [4.78, 5) is 25.5. The monoisotopic (exact) mass is 442 g/mol. The summed E-state index contributed by atoms with van der Waals surface area (Å²) in [5.41, 5.74) is 0.701. The fourth-order valence-corrected chi connectivity index (χ4v) is 3.50. The maximum absolute atomic E-state index is 13.1. The van der Waals surface area contributed by atoms with Gasteiger partial charge < -0.3 is 10.1 Å². The first-order chi connectivity index (χ1) is 14.8. The molecule has 0 spiro atoms. The predicted molar refractivity (Wildman–Crippen MR) is 112 cm³/mol. The molecule has 0 aliphatic rings. The Hall–Kier alpha value is -3.56. The molecule has 0 saturated heterocycles. The van der Waals surface area contributed by atoms with Crippen molar-refractivity contribution in [2.75, 3.05) is 12.4 Å². The van der Waals surface area contributed by atoms with Crippen LogP contribution in [0.4, 0.5) is 10.1 Å². The third-order valence-electron chi connectivity index (χ3n) is 4.33. The highest BCUT2D eigenvalue weighted by Crippen LogP contribution is 2.23. The summed E-state index contributed by atoms with van der Waals surface area (Å²) < 4.78 is 44.7. The van der Waals surface area contributed by atoms with E-state index in [-0.39, 0.29) is 10.5 Å². The zero-order valence-corrected chi connectivity index (χ0v) is 17.2. The van der Waals surface area contributed by atoms with Gasteiger partial charge in [0.1, 0.15) is 5.82 Å². The number of esters is 1. The van der Waals surface area contributed by atoms with Crippen molar-refractivity contribution in [3.8, 4) is 0 Å². The number of benzene rings is 3. The minimum absolute atomic E-state index is 0.0353. The number of sulfonamides is 1. The lowest BCUT2D eigenvalue weighted by atomic mass is 10.1. The molecule has 0 heterocycles. The average molecular weight is 442 g/mol. The van der Waals surface area contributed by atoms with E-state index in [0.717, 1.165) is 6.07 Å². The lowest BCUT2D eigenvalue weighted by Crippen LogP contribution is -2.26. The van der Waals surface area contributed by atoms with E-state index < -0.39 is 33.8 Å². The van der Waals surface area contributed by atoms with Gasteiger partial charge in [0.05, 0.1) is 10.5 Å². The molecule has 0 saturated carbocycles. The molecule has 1 amide bonds. The third kappa shape index (κ3) is 5.53. The average Bonchev–Trinajstić information content (AvgIpc) is 2.79. The molecule has 0 fully saturated rings. The zero-order valence-electron chi connectivity index (χ0n) is 16.4. The highest BCUT2D eigenvalue weighted by molar-refractivity contribution is 7.89. The molecule has 3 aromatic carbocycles. The normalized spacial score (nSPS) is 12.1. The summed E-state index contributed by atoms with van der Waals surface area (Å²) in [6.07, 6.45) is -1.32. The van der Waals surface area contributed by atoms with Crippen LogP contribution in [-0.2, 0) is 19.6 Å². The molecular weight excluding hydrogens is 423 g/mol. The number of hydrogen-bond acceptors (Lipinski definition) is 5. The van der Waals surface area contributed by atoms with Gasteiger partial charge in [-0.3, -0.25) is 4.79 Å². The van der Waals surface area contributed by atoms with Crippen molar-refractivity contribution in [1.29, 1.82) is 0 Å². The summed E-state index contributed by atoms with van der Waals surface area (Å²) in [6, 6.07) is 18.7. The van der Waals surface area contributed by atoms with Gasteiger partial charge in [0, 0.05) is 11.3 Å². The Morgan fingerprint density at radius 3 is 2.26 bits per heavy atom. The Morgan fingerprint density at radius 1 is 0.935 bits per heavy atom. The van der Waals surface area contributed by atoms with Crippen LogP contribution in [0.15, 0.2) is 83.8 Å². The van der Waals surface area contributed by atoms with Crippen LogP contribution in [-0.4, -0.2) is 27.3 Å². The van der Waals surface area contributed by atoms with Crippen LogP contribution in [0.2, 0.25) is 0 Å². The smallest absolute Gasteiger partial charge is 0.339 e. The first kappa shape index (κ1) is 22.1. The van der Waals surface area contributed by atoms with Gasteiger partial charge in [0.15, 0.2) is 0 Å². The van der Waals surface area contributed by atoms with E-state index in [0.29, 0.717) is 11.3 Å². The third-order valence-corrected chi connectivity index (χ3v) is 5.74. The zero-order chi connectivity index (χ0) is 22.4. The van der Waals surface area contributed by atoms with E-state index in [1.54, 1.807) is 30.3 Å². The molecule has 31 heavy (non-hydrogen) atoms. The van der Waals surface area contributed by atoms with E-state index >= 15 is 0 Å². The molecule has 7 nitrogen and oxygen atoms in total. The molecule has 0 aliphatic carbocycles. The van der Waals surface area contributed by atoms with Crippen molar-refractivity contribution < 1.29 is 27.1 Å². The fourth-order valence-electron chi connectivity index (χ4n) is 2.72. The fraction of sp³-hybridized carbons (Fsp3) is 0.0909. The second-order valence-electron chi connectivity index (χ2n) is 6.43. The van der Waals surface area contributed by atoms with Crippen LogP contribution in [0.3, 0.4) is 0 Å². The van der Waals surface area contributed by atoms with Crippen molar-refractivity contribution in [3.63, 3.8) is 0 Å². The van der Waals surface area contributed by atoms with Gasteiger partial charge in [-0.2, -0.15) is 0 Å². The summed E-state index contributed by atoms with van der Waals surface area (Å²) in [6.45, 7) is 0. The van der Waals surface area contributed by atoms with Gasteiger partial charge in [0.2, 0.25) is 16.1 Å². The molecule has 3 aromatic rings. The van der Waals surface area contributed by atoms with Crippen LogP contribution >= 0.6 is 0 Å². The van der Waals surface area contributed by atoms with Crippen LogP contribution < -0.4 is 10.0 Å². The van der Waals surface area contributed by atoms with E-state index in [9.17, 15) is 22.4 Å². The lowest BCUT2D eigenvalue weighted by Gasteiger charge is -2.18. The number of anilines is 1. The van der Waals surface area contributed by atoms with Crippen molar-refractivity contribution in [2.24, 2.45) is 0 Å². The van der Waals surface area contributed by atoms with Crippen molar-refractivity contribution >= 4 is 27.6 Å². The van der Waals surface area contributed by atoms with Crippen LogP contribution in [0.5, 0.6) is 0 Å². The number of rotatable bonds is 7. The van der Waals surface area contributed by atoms with E-state index in [1.165, 1.54) is 49.5 Å². The van der Waals surface area contributed by atoms with Crippen molar-refractivity contribution in [2.45, 2.75) is 11.0 Å². The number of carbonyl (C=O) groups is 2. The first-order valence-corrected chi connectivity index (χ1v) is 10.6. The highest BCUT2D eigenvalue weighted by atomic mass is 32.2. The van der Waals surface area contributed by atoms with Gasteiger partial charge in [-0.25, -0.2) is 22.3 Å². The Balaban J connectivity index is 1.87. The van der Waals surface area contributed by atoms with Gasteiger partial charge in [0.25, 0.3) is 5.91 Å². The summed E-state index contributed by atoms with van der Waals surface area (Å²) in [7, 11) is -2.51. The maximum Gasteiger partial charge on any atom is 0.339 e. The van der Waals surface area contributed by atoms with Crippen LogP contribution in [0, 0.1) is 5.82 Å². The molecule has 0 aromatic heterocycles. The second kappa shape index (κ2) is 9.50. The molecule has 0 radical (unpaired) electrons. The molecular formula is C22H19FN2O5S. The molecule has 2 N–H and O–H groups in total. The molecule has 0 unspecified atom stereocenters. The number of ether oxygens (including phenoxy) is 1. The number of amides is 1. The SMILES string of the molecule is CNS(=O)(=O)c1cccc(C(=O)O[C@@H](C(=O)Nc2ccc(F)cc2)c2ccccc2)c1. The minimum Gasteiger partial charge on any atom is -0.444 e. The van der Waals surface area contributed by atoms with E-state index in [1.807, 2.05) is 0 Å². The van der Waals surface area contributed by atoms with Crippen LogP contribution in [0.25, 0.3) is 0 Å². The highest BCUT2D eigenvalue weighted by Gasteiger charge is 2.26. The molecule has 0 aliphatic heterocycles. The van der Waals surface area contributed by atoms with Gasteiger partial charge in [-0.1, -0.05) is 36.4 Å². The number of carbonyl (C=O) groups excluding carboxylic acids is 2. The molecule has 0 bridgehead atoms. The Kier molecular flexibility index (Phi) is 6.78. The summed E-state index contributed by atoms with van der Waals surface area (Å²) >= 11 is 0. The number of nitrogens with one attached hydrogen (secondary N) is 2. The van der Waals surface area contributed by atoms with Crippen molar-refractivity contribution in [3.05, 3.63) is 95.8 Å². The number of hydrogen-bond donors (Lipinski definition) is 2. The van der Waals surface area contributed by atoms with Gasteiger partial charge in [-0.05, 0) is 49.5 Å². The Bertz CT molecular complexity index is 1180. The Morgan fingerprint density at radius 2 is 1.61 bits per heavy atom. The largest absolute Gasteiger partial charge is 0.444 e. The van der Waals surface area contributed by atoms with E-state index in [2.05, 4.69) is 10.0 Å². The van der Waals surface area contributed by atoms with Crippen LogP contribution in [0.1, 0.15) is 22.0 Å². The topological polar surface area (TPSA) is 102 Å². The molecule has 1 atom stereocenters. The molecule has 160 valence electrons. The standard InChI is InChI=1S/C22H19FN2O5S/c1-24-31(28,29)19-9-5-8-16(14-19)22(27)30-20(15-6-3-2-4-7-15)21(26)25-18-12-10-17(23)11-13-18/h2-14,20,24H,1H3,(H,25,26)/t20-/m1/s1. The van der Waals surface area contributed by atoms with Gasteiger partial charge in [-0.15, -0.1) is 0 Å². The summed E-state index contributed by atoms with van der Waals surface area (Å²) in [5, 5.41) is 2.58. The first-order valence-electron chi connectivity index (χ1n) is 9.16. The molecule has 9 heteroatoms. The quantitative estimate of drug-likeness (QED) is 0.547. The minimum atomic E-state index is -3.76. The van der Waals surface area contributed by atoms with Crippen molar-refractivity contribution in [1.82, 2.24) is 4.72 Å². The second-order valence-corrected chi connectivity index (χ2v) is 8.31. The maximum atomic E-state index is 13.1. The Labute approximate surface area is 178 Å². The predicted octanol–water partition coefficient (Wildman–Crippen LogP) is 3.27.